The lowest BCUT2D eigenvalue weighted by atomic mass is 9.84. The molecule has 1 fully saturated rings. The number of carbonyl (C=O) groups is 3. The fourth-order valence-corrected chi connectivity index (χ4v) is 4.27. The number of nitrogens with zero attached hydrogens (tertiary/aromatic N) is 2. The Bertz CT molecular complexity index is 816. The van der Waals surface area contributed by atoms with Gasteiger partial charge in [-0.05, 0) is 45.1 Å². The highest BCUT2D eigenvalue weighted by atomic mass is 16.2. The van der Waals surface area contributed by atoms with Crippen LogP contribution in [0, 0.1) is 0 Å². The fraction of sp³-hybridized carbons (Fsp3) is 0.450. The highest BCUT2D eigenvalue weighted by molar-refractivity contribution is 6.55. The molecule has 5 nitrogen and oxygen atoms in total. The molecule has 0 bridgehead atoms. The summed E-state index contributed by atoms with van der Waals surface area (Å²) in [4.78, 5) is 41.9. The monoisotopic (exact) mass is 338 g/mol. The van der Waals surface area contributed by atoms with E-state index in [0.29, 0.717) is 25.2 Å². The van der Waals surface area contributed by atoms with Gasteiger partial charge >= 0.3 is 0 Å². The molecular formula is C20H22N2O3. The van der Waals surface area contributed by atoms with E-state index in [9.17, 15) is 14.4 Å². The molecule has 3 aliphatic heterocycles. The van der Waals surface area contributed by atoms with Crippen LogP contribution in [0.3, 0.4) is 0 Å². The lowest BCUT2D eigenvalue weighted by Crippen LogP contribution is -2.49. The molecule has 5 heteroatoms. The molecule has 0 aromatic heterocycles. The van der Waals surface area contributed by atoms with Gasteiger partial charge in [-0.3, -0.25) is 19.3 Å². The van der Waals surface area contributed by atoms with E-state index in [0.717, 1.165) is 30.4 Å². The van der Waals surface area contributed by atoms with E-state index in [1.807, 2.05) is 38.1 Å². The Hall–Kier alpha value is -2.43. The molecule has 1 saturated heterocycles. The average Bonchev–Trinajstić information content (AvgIpc) is 2.87. The van der Waals surface area contributed by atoms with Crippen molar-refractivity contribution in [3.63, 3.8) is 0 Å². The second-order valence-corrected chi connectivity index (χ2v) is 7.69. The van der Waals surface area contributed by atoms with E-state index in [1.54, 1.807) is 9.80 Å². The predicted molar refractivity (Wildman–Crippen MR) is 93.4 cm³/mol. The first-order valence-electron chi connectivity index (χ1n) is 8.92. The second-order valence-electron chi connectivity index (χ2n) is 7.69. The molecule has 25 heavy (non-hydrogen) atoms. The number of likely N-dealkylation sites (tertiary alicyclic amines) is 1. The molecule has 0 aliphatic carbocycles. The SMILES string of the molecule is CC1(C)Cc2ccccc2C2=C(C(=O)N3CCCCC3)C(=O)C(=O)N21. The van der Waals surface area contributed by atoms with Gasteiger partial charge in [0, 0.05) is 24.2 Å². The van der Waals surface area contributed by atoms with Gasteiger partial charge in [0.2, 0.25) is 0 Å². The molecule has 130 valence electrons. The molecule has 1 aromatic carbocycles. The number of hydrogen-bond donors (Lipinski definition) is 0. The van der Waals surface area contributed by atoms with Crippen LogP contribution in [-0.4, -0.2) is 46.0 Å². The first-order valence-corrected chi connectivity index (χ1v) is 8.92. The van der Waals surface area contributed by atoms with Gasteiger partial charge in [-0.25, -0.2) is 0 Å². The summed E-state index contributed by atoms with van der Waals surface area (Å²) in [5, 5.41) is 0. The average molecular weight is 338 g/mol. The minimum absolute atomic E-state index is 0.0622. The van der Waals surface area contributed by atoms with Crippen molar-refractivity contribution in [3.8, 4) is 0 Å². The lowest BCUT2D eigenvalue weighted by Gasteiger charge is -2.42. The van der Waals surface area contributed by atoms with Crippen LogP contribution in [0.1, 0.15) is 44.2 Å². The number of amides is 2. The fourth-order valence-electron chi connectivity index (χ4n) is 4.27. The van der Waals surface area contributed by atoms with Crippen molar-refractivity contribution in [3.05, 3.63) is 41.0 Å². The third-order valence-corrected chi connectivity index (χ3v) is 5.44. The van der Waals surface area contributed by atoms with Crippen molar-refractivity contribution in [1.82, 2.24) is 9.80 Å². The first kappa shape index (κ1) is 16.1. The minimum Gasteiger partial charge on any atom is -0.338 e. The molecule has 4 rings (SSSR count). The van der Waals surface area contributed by atoms with Crippen LogP contribution >= 0.6 is 0 Å². The predicted octanol–water partition coefficient (Wildman–Crippen LogP) is 2.16. The van der Waals surface area contributed by atoms with Crippen LogP contribution in [0.4, 0.5) is 0 Å². The quantitative estimate of drug-likeness (QED) is 0.582. The Kier molecular flexibility index (Phi) is 3.56. The zero-order valence-electron chi connectivity index (χ0n) is 14.7. The summed E-state index contributed by atoms with van der Waals surface area (Å²) in [6, 6.07) is 7.76. The number of Topliss-reactive ketones (excluding diaryl/α,β-unsaturated/α-hetero) is 1. The number of rotatable bonds is 1. The van der Waals surface area contributed by atoms with Gasteiger partial charge in [0.05, 0.1) is 5.70 Å². The molecule has 3 aliphatic rings. The van der Waals surface area contributed by atoms with E-state index >= 15 is 0 Å². The zero-order chi connectivity index (χ0) is 17.8. The summed E-state index contributed by atoms with van der Waals surface area (Å²) in [5.74, 6) is -1.52. The molecule has 0 spiro atoms. The standard InChI is InChI=1S/C20H22N2O3/c1-20(2)12-13-8-4-5-9-14(13)16-15(17(23)19(25)22(16)20)18(24)21-10-6-3-7-11-21/h4-5,8-9H,3,6-7,10-12H2,1-2H3. The first-order chi connectivity index (χ1) is 11.9. The number of piperidine rings is 1. The summed E-state index contributed by atoms with van der Waals surface area (Å²) in [6.07, 6.45) is 3.66. The normalized spacial score (nSPS) is 22.2. The summed E-state index contributed by atoms with van der Waals surface area (Å²) in [6.45, 7) is 5.20. The van der Waals surface area contributed by atoms with Crippen LogP contribution in [0.15, 0.2) is 29.8 Å². The van der Waals surface area contributed by atoms with Gasteiger partial charge in [0.15, 0.2) is 0 Å². The Morgan fingerprint density at radius 2 is 1.72 bits per heavy atom. The number of hydrogen-bond acceptors (Lipinski definition) is 3. The molecule has 0 unspecified atom stereocenters. The Balaban J connectivity index is 1.90. The van der Waals surface area contributed by atoms with Crippen molar-refractivity contribution in [2.45, 2.75) is 45.1 Å². The van der Waals surface area contributed by atoms with Crippen LogP contribution in [0.25, 0.3) is 5.70 Å². The molecule has 0 N–H and O–H groups in total. The van der Waals surface area contributed by atoms with Crippen LogP contribution in [0.2, 0.25) is 0 Å². The maximum absolute atomic E-state index is 13.1. The molecule has 1 aromatic rings. The zero-order valence-corrected chi connectivity index (χ0v) is 14.7. The number of carbonyl (C=O) groups excluding carboxylic acids is 3. The van der Waals surface area contributed by atoms with Crippen molar-refractivity contribution in [2.24, 2.45) is 0 Å². The number of ketones is 1. The van der Waals surface area contributed by atoms with E-state index in [-0.39, 0.29) is 11.5 Å². The van der Waals surface area contributed by atoms with Gasteiger partial charge < -0.3 is 4.90 Å². The minimum atomic E-state index is -0.657. The topological polar surface area (TPSA) is 57.7 Å². The van der Waals surface area contributed by atoms with E-state index in [1.165, 1.54) is 0 Å². The maximum Gasteiger partial charge on any atom is 0.300 e. The summed E-state index contributed by atoms with van der Waals surface area (Å²) >= 11 is 0. The smallest absolute Gasteiger partial charge is 0.300 e. The largest absolute Gasteiger partial charge is 0.338 e. The summed E-state index contributed by atoms with van der Waals surface area (Å²) in [7, 11) is 0. The van der Waals surface area contributed by atoms with Crippen LogP contribution in [-0.2, 0) is 20.8 Å². The third kappa shape index (κ3) is 2.33. The van der Waals surface area contributed by atoms with Crippen molar-refractivity contribution in [2.75, 3.05) is 13.1 Å². The molecule has 3 heterocycles. The van der Waals surface area contributed by atoms with E-state index < -0.39 is 17.2 Å². The molecule has 0 saturated carbocycles. The third-order valence-electron chi connectivity index (χ3n) is 5.44. The second kappa shape index (κ2) is 5.55. The van der Waals surface area contributed by atoms with Gasteiger partial charge in [-0.1, -0.05) is 24.3 Å². The highest BCUT2D eigenvalue weighted by Crippen LogP contribution is 2.44. The molecule has 0 radical (unpaired) electrons. The highest BCUT2D eigenvalue weighted by Gasteiger charge is 2.51. The Morgan fingerprint density at radius 3 is 2.44 bits per heavy atom. The van der Waals surface area contributed by atoms with Crippen molar-refractivity contribution < 1.29 is 14.4 Å². The van der Waals surface area contributed by atoms with Crippen molar-refractivity contribution in [1.29, 1.82) is 0 Å². The van der Waals surface area contributed by atoms with Gasteiger partial charge in [0.25, 0.3) is 17.6 Å². The number of benzene rings is 1. The summed E-state index contributed by atoms with van der Waals surface area (Å²) in [5.41, 5.74) is 1.96. The summed E-state index contributed by atoms with van der Waals surface area (Å²) < 4.78 is 0. The molecule has 0 atom stereocenters. The van der Waals surface area contributed by atoms with Gasteiger partial charge in [0.1, 0.15) is 5.57 Å². The molecule has 2 amide bonds. The van der Waals surface area contributed by atoms with Crippen LogP contribution < -0.4 is 0 Å². The maximum atomic E-state index is 13.1. The number of fused-ring (bicyclic) bond motifs is 3. The van der Waals surface area contributed by atoms with Crippen LogP contribution in [0.5, 0.6) is 0 Å². The van der Waals surface area contributed by atoms with Crippen molar-refractivity contribution >= 4 is 23.3 Å². The molecular weight excluding hydrogens is 316 g/mol. The Labute approximate surface area is 147 Å². The van der Waals surface area contributed by atoms with E-state index in [4.69, 9.17) is 0 Å². The van der Waals surface area contributed by atoms with Gasteiger partial charge in [-0.2, -0.15) is 0 Å². The van der Waals surface area contributed by atoms with Gasteiger partial charge in [-0.15, -0.1) is 0 Å². The van der Waals surface area contributed by atoms with E-state index in [2.05, 4.69) is 0 Å². The lowest BCUT2D eigenvalue weighted by molar-refractivity contribution is -0.143. The Morgan fingerprint density at radius 1 is 1.04 bits per heavy atom.